The van der Waals surface area contributed by atoms with Crippen molar-refractivity contribution in [2.24, 2.45) is 5.73 Å². The Labute approximate surface area is 154 Å². The Morgan fingerprint density at radius 1 is 1.20 bits per heavy atom. The summed E-state index contributed by atoms with van der Waals surface area (Å²) in [5, 5.41) is 7.27. The maximum absolute atomic E-state index is 5.65. The molecule has 0 amide bonds. The van der Waals surface area contributed by atoms with Crippen LogP contribution >= 0.6 is 11.3 Å². The molecule has 136 valence electrons. The molecule has 0 atom stereocenters. The summed E-state index contributed by atoms with van der Waals surface area (Å²) in [7, 11) is 0. The Kier molecular flexibility index (Phi) is 5.14. The van der Waals surface area contributed by atoms with Crippen molar-refractivity contribution in [3.63, 3.8) is 0 Å². The summed E-state index contributed by atoms with van der Waals surface area (Å²) >= 11 is 1.76. The summed E-state index contributed by atoms with van der Waals surface area (Å²) in [5.41, 5.74) is 6.82. The molecular formula is C19H29N5S. The first-order valence-corrected chi connectivity index (χ1v) is 9.76. The van der Waals surface area contributed by atoms with Crippen LogP contribution in [0.2, 0.25) is 0 Å². The van der Waals surface area contributed by atoms with Gasteiger partial charge in [-0.25, -0.2) is 9.97 Å². The van der Waals surface area contributed by atoms with Crippen LogP contribution in [-0.2, 0) is 6.42 Å². The molecule has 0 saturated carbocycles. The van der Waals surface area contributed by atoms with Gasteiger partial charge in [-0.3, -0.25) is 0 Å². The zero-order valence-electron chi connectivity index (χ0n) is 15.6. The van der Waals surface area contributed by atoms with Crippen molar-refractivity contribution in [2.45, 2.75) is 64.1 Å². The van der Waals surface area contributed by atoms with Gasteiger partial charge in [0, 0.05) is 28.2 Å². The maximum Gasteiger partial charge on any atom is 0.223 e. The van der Waals surface area contributed by atoms with Gasteiger partial charge < -0.3 is 16.4 Å². The van der Waals surface area contributed by atoms with Crippen molar-refractivity contribution in [2.75, 3.05) is 11.9 Å². The van der Waals surface area contributed by atoms with Gasteiger partial charge in [0.05, 0.1) is 10.6 Å². The van der Waals surface area contributed by atoms with Crippen LogP contribution in [0.15, 0.2) is 24.4 Å². The lowest BCUT2D eigenvalue weighted by molar-refractivity contribution is 0.170. The number of hydrogen-bond acceptors (Lipinski definition) is 6. The zero-order chi connectivity index (χ0) is 18.1. The third-order valence-electron chi connectivity index (χ3n) is 4.48. The van der Waals surface area contributed by atoms with Crippen molar-refractivity contribution in [3.8, 4) is 10.6 Å². The van der Waals surface area contributed by atoms with E-state index >= 15 is 0 Å². The molecule has 1 aliphatic rings. The fourth-order valence-corrected chi connectivity index (χ4v) is 4.96. The van der Waals surface area contributed by atoms with E-state index in [1.807, 2.05) is 12.3 Å². The van der Waals surface area contributed by atoms with E-state index in [9.17, 15) is 0 Å². The summed E-state index contributed by atoms with van der Waals surface area (Å²) in [5.74, 6) is 0.713. The van der Waals surface area contributed by atoms with Crippen LogP contribution in [0.1, 0.15) is 45.4 Å². The molecular weight excluding hydrogens is 330 g/mol. The van der Waals surface area contributed by atoms with Crippen molar-refractivity contribution in [3.05, 3.63) is 29.3 Å². The predicted octanol–water partition coefficient (Wildman–Crippen LogP) is 3.43. The Morgan fingerprint density at radius 3 is 2.60 bits per heavy atom. The van der Waals surface area contributed by atoms with E-state index in [-0.39, 0.29) is 11.1 Å². The largest absolute Gasteiger partial charge is 0.351 e. The van der Waals surface area contributed by atoms with Crippen LogP contribution in [0.25, 0.3) is 10.6 Å². The van der Waals surface area contributed by atoms with E-state index in [2.05, 4.69) is 55.4 Å². The van der Waals surface area contributed by atoms with Crippen molar-refractivity contribution < 1.29 is 0 Å². The topological polar surface area (TPSA) is 75.9 Å². The van der Waals surface area contributed by atoms with E-state index in [4.69, 9.17) is 10.7 Å². The summed E-state index contributed by atoms with van der Waals surface area (Å²) in [4.78, 5) is 11.6. The second-order valence-electron chi connectivity index (χ2n) is 8.21. The van der Waals surface area contributed by atoms with Crippen molar-refractivity contribution >= 4 is 17.3 Å². The van der Waals surface area contributed by atoms with Gasteiger partial charge in [0.1, 0.15) is 0 Å². The Bertz CT molecular complexity index is 706. The van der Waals surface area contributed by atoms with Crippen LogP contribution in [0.5, 0.6) is 0 Å². The van der Waals surface area contributed by atoms with Gasteiger partial charge >= 0.3 is 0 Å². The molecule has 3 rings (SSSR count). The molecule has 1 aliphatic heterocycles. The first kappa shape index (κ1) is 18.3. The van der Waals surface area contributed by atoms with Crippen molar-refractivity contribution in [1.82, 2.24) is 15.3 Å². The number of anilines is 1. The van der Waals surface area contributed by atoms with Gasteiger partial charge in [0.2, 0.25) is 5.95 Å². The SMILES string of the molecule is CC1(C)CC(Nc2nccc(-c3ccc(CCN)s3)n2)CC(C)(C)N1. The van der Waals surface area contributed by atoms with Gasteiger partial charge in [-0.15, -0.1) is 11.3 Å². The monoisotopic (exact) mass is 359 g/mol. The highest BCUT2D eigenvalue weighted by Gasteiger charge is 2.37. The van der Waals surface area contributed by atoms with E-state index in [1.165, 1.54) is 9.75 Å². The predicted molar refractivity (Wildman–Crippen MR) is 106 cm³/mol. The van der Waals surface area contributed by atoms with Crippen LogP contribution < -0.4 is 16.4 Å². The molecule has 0 bridgehead atoms. The number of rotatable bonds is 5. The summed E-state index contributed by atoms with van der Waals surface area (Å²) in [6.45, 7) is 9.70. The lowest BCUT2D eigenvalue weighted by Crippen LogP contribution is -2.60. The Balaban J connectivity index is 1.75. The second-order valence-corrected chi connectivity index (χ2v) is 9.38. The number of hydrogen-bond donors (Lipinski definition) is 3. The smallest absolute Gasteiger partial charge is 0.223 e. The van der Waals surface area contributed by atoms with Crippen LogP contribution in [-0.4, -0.2) is 33.6 Å². The van der Waals surface area contributed by atoms with E-state index < -0.39 is 0 Å². The molecule has 3 heterocycles. The fraction of sp³-hybridized carbons (Fsp3) is 0.579. The average molecular weight is 360 g/mol. The highest BCUT2D eigenvalue weighted by molar-refractivity contribution is 7.15. The normalized spacial score (nSPS) is 19.7. The summed E-state index contributed by atoms with van der Waals surface area (Å²) < 4.78 is 0. The number of aromatic nitrogens is 2. The van der Waals surface area contributed by atoms with Gasteiger partial charge in [-0.2, -0.15) is 0 Å². The minimum absolute atomic E-state index is 0.0991. The quantitative estimate of drug-likeness (QED) is 0.762. The zero-order valence-corrected chi connectivity index (χ0v) is 16.4. The summed E-state index contributed by atoms with van der Waals surface area (Å²) in [6.07, 6.45) is 4.85. The summed E-state index contributed by atoms with van der Waals surface area (Å²) in [6, 6.07) is 6.59. The van der Waals surface area contributed by atoms with Crippen LogP contribution in [0.3, 0.4) is 0 Å². The average Bonchev–Trinajstić information content (AvgIpc) is 2.93. The minimum Gasteiger partial charge on any atom is -0.351 e. The molecule has 0 aliphatic carbocycles. The molecule has 0 unspecified atom stereocenters. The molecule has 25 heavy (non-hydrogen) atoms. The minimum atomic E-state index is 0.0991. The third-order valence-corrected chi connectivity index (χ3v) is 5.65. The van der Waals surface area contributed by atoms with E-state index in [0.717, 1.165) is 25.0 Å². The molecule has 0 radical (unpaired) electrons. The van der Waals surface area contributed by atoms with Gasteiger partial charge in [-0.1, -0.05) is 0 Å². The number of nitrogens with two attached hydrogens (primary N) is 1. The molecule has 1 saturated heterocycles. The molecule has 0 aromatic carbocycles. The second kappa shape index (κ2) is 7.02. The first-order chi connectivity index (χ1) is 11.8. The van der Waals surface area contributed by atoms with E-state index in [0.29, 0.717) is 18.5 Å². The lowest BCUT2D eigenvalue weighted by Gasteiger charge is -2.46. The Hall–Kier alpha value is -1.50. The van der Waals surface area contributed by atoms with Gasteiger partial charge in [0.15, 0.2) is 0 Å². The number of nitrogens with one attached hydrogen (secondary N) is 2. The first-order valence-electron chi connectivity index (χ1n) is 8.94. The molecule has 2 aromatic heterocycles. The standard InChI is InChI=1S/C19H29N5S/c1-18(2)11-13(12-19(3,4)24-18)22-17-21-10-8-15(23-17)16-6-5-14(25-16)7-9-20/h5-6,8,10,13,24H,7,9,11-12,20H2,1-4H3,(H,21,22,23). The number of thiophene rings is 1. The van der Waals surface area contributed by atoms with Gasteiger partial charge in [0.25, 0.3) is 0 Å². The van der Waals surface area contributed by atoms with Crippen LogP contribution in [0.4, 0.5) is 5.95 Å². The molecule has 1 fully saturated rings. The fourth-order valence-electron chi connectivity index (χ4n) is 3.96. The highest BCUT2D eigenvalue weighted by Crippen LogP contribution is 2.31. The third kappa shape index (κ3) is 4.77. The van der Waals surface area contributed by atoms with E-state index in [1.54, 1.807) is 11.3 Å². The number of piperidine rings is 1. The molecule has 4 N–H and O–H groups in total. The molecule has 0 spiro atoms. The molecule has 2 aromatic rings. The van der Waals surface area contributed by atoms with Gasteiger partial charge in [-0.05, 0) is 71.7 Å². The molecule has 6 heteroatoms. The highest BCUT2D eigenvalue weighted by atomic mass is 32.1. The lowest BCUT2D eigenvalue weighted by atomic mass is 9.80. The van der Waals surface area contributed by atoms with Crippen molar-refractivity contribution in [1.29, 1.82) is 0 Å². The Morgan fingerprint density at radius 2 is 1.92 bits per heavy atom. The molecule has 5 nitrogen and oxygen atoms in total. The maximum atomic E-state index is 5.65. The van der Waals surface area contributed by atoms with Crippen LogP contribution in [0, 0.1) is 0 Å². The number of nitrogens with zero attached hydrogens (tertiary/aromatic N) is 2.